The molecule has 0 aliphatic carbocycles. The third-order valence-corrected chi connectivity index (χ3v) is 5.27. The summed E-state index contributed by atoms with van der Waals surface area (Å²) in [6, 6.07) is 13.8. The molecule has 0 saturated heterocycles. The molecule has 180 valence electrons. The first kappa shape index (κ1) is 26.3. The van der Waals surface area contributed by atoms with Crippen molar-refractivity contribution in [3.8, 4) is 17.2 Å². The van der Waals surface area contributed by atoms with Gasteiger partial charge in [0.2, 0.25) is 5.91 Å². The lowest BCUT2D eigenvalue weighted by Crippen LogP contribution is -2.23. The lowest BCUT2D eigenvalue weighted by atomic mass is 10.1. The zero-order valence-corrected chi connectivity index (χ0v) is 20.4. The van der Waals surface area contributed by atoms with Crippen molar-refractivity contribution in [2.45, 2.75) is 58.8 Å². The molecule has 0 heterocycles. The maximum atomic E-state index is 12.2. The number of unbranched alkanes of at least 4 members (excludes halogenated alkanes) is 4. The van der Waals surface area contributed by atoms with E-state index in [2.05, 4.69) is 31.3 Å². The summed E-state index contributed by atoms with van der Waals surface area (Å²) >= 11 is 0. The molecule has 0 atom stereocenters. The van der Waals surface area contributed by atoms with E-state index in [4.69, 9.17) is 14.2 Å². The van der Waals surface area contributed by atoms with E-state index in [1.54, 1.807) is 19.3 Å². The first-order valence-corrected chi connectivity index (χ1v) is 12.1. The van der Waals surface area contributed by atoms with Crippen molar-refractivity contribution >= 4 is 12.0 Å². The average molecular weight is 454 g/mol. The van der Waals surface area contributed by atoms with Crippen LogP contribution in [0.4, 0.5) is 0 Å². The van der Waals surface area contributed by atoms with Crippen LogP contribution < -0.4 is 19.5 Å². The molecule has 0 bridgehead atoms. The van der Waals surface area contributed by atoms with Crippen LogP contribution in [0, 0.1) is 0 Å². The molecule has 0 aliphatic rings. The van der Waals surface area contributed by atoms with Gasteiger partial charge in [-0.15, -0.1) is 0 Å². The van der Waals surface area contributed by atoms with E-state index in [1.165, 1.54) is 18.4 Å². The van der Waals surface area contributed by atoms with Crippen LogP contribution in [0.15, 0.2) is 48.5 Å². The largest absolute Gasteiger partial charge is 0.494 e. The highest BCUT2D eigenvalue weighted by molar-refractivity contribution is 5.91. The number of hydrogen-bond donors (Lipinski definition) is 1. The number of amides is 1. The maximum Gasteiger partial charge on any atom is 0.244 e. The predicted octanol–water partition coefficient (Wildman–Crippen LogP) is 6.21. The zero-order chi connectivity index (χ0) is 23.7. The molecule has 5 nitrogen and oxygen atoms in total. The second kappa shape index (κ2) is 15.8. The van der Waals surface area contributed by atoms with Gasteiger partial charge in [-0.1, -0.05) is 57.7 Å². The number of hydrogen-bond acceptors (Lipinski definition) is 4. The zero-order valence-electron chi connectivity index (χ0n) is 20.4. The van der Waals surface area contributed by atoms with Crippen molar-refractivity contribution in [3.05, 3.63) is 59.7 Å². The van der Waals surface area contributed by atoms with Gasteiger partial charge in [-0.2, -0.15) is 0 Å². The number of benzene rings is 2. The summed E-state index contributed by atoms with van der Waals surface area (Å²) in [5, 5.41) is 2.94. The molecule has 0 fully saturated rings. The van der Waals surface area contributed by atoms with Gasteiger partial charge in [0.25, 0.3) is 0 Å². The Labute approximate surface area is 199 Å². The van der Waals surface area contributed by atoms with E-state index in [-0.39, 0.29) is 5.91 Å². The molecule has 33 heavy (non-hydrogen) atoms. The van der Waals surface area contributed by atoms with Gasteiger partial charge in [0, 0.05) is 12.6 Å². The fourth-order valence-electron chi connectivity index (χ4n) is 3.30. The highest BCUT2D eigenvalue weighted by atomic mass is 16.5. The Bertz CT molecular complexity index is 845. The Morgan fingerprint density at radius 3 is 2.24 bits per heavy atom. The smallest absolute Gasteiger partial charge is 0.244 e. The summed E-state index contributed by atoms with van der Waals surface area (Å²) in [5.74, 6) is 2.18. The van der Waals surface area contributed by atoms with E-state index < -0.39 is 0 Å². The number of rotatable bonds is 16. The van der Waals surface area contributed by atoms with Gasteiger partial charge in [0.1, 0.15) is 5.75 Å². The van der Waals surface area contributed by atoms with Gasteiger partial charge in [-0.25, -0.2) is 0 Å². The monoisotopic (exact) mass is 453 g/mol. The fourth-order valence-corrected chi connectivity index (χ4v) is 3.30. The van der Waals surface area contributed by atoms with Gasteiger partial charge in [-0.3, -0.25) is 4.79 Å². The minimum Gasteiger partial charge on any atom is -0.494 e. The maximum absolute atomic E-state index is 12.2. The minimum absolute atomic E-state index is 0.118. The third-order valence-electron chi connectivity index (χ3n) is 5.27. The molecule has 1 N–H and O–H groups in total. The minimum atomic E-state index is -0.118. The van der Waals surface area contributed by atoms with Crippen LogP contribution in [0.25, 0.3) is 6.08 Å². The van der Waals surface area contributed by atoms with Crippen molar-refractivity contribution in [1.82, 2.24) is 5.32 Å². The first-order valence-electron chi connectivity index (χ1n) is 12.1. The summed E-state index contributed by atoms with van der Waals surface area (Å²) in [6.07, 6.45) is 10.9. The third kappa shape index (κ3) is 10.5. The highest BCUT2D eigenvalue weighted by Gasteiger charge is 2.05. The van der Waals surface area contributed by atoms with Gasteiger partial charge in [-0.05, 0) is 60.7 Å². The second-order valence-corrected chi connectivity index (χ2v) is 8.04. The van der Waals surface area contributed by atoms with Gasteiger partial charge in [0.05, 0.1) is 20.3 Å². The molecule has 2 rings (SSSR count). The normalized spacial score (nSPS) is 10.9. The SMILES string of the molecule is CCCCCOc1ccc(CCNC(=O)/C=C/c2ccc(OC)c(OCCCCC)c2)cc1. The van der Waals surface area contributed by atoms with Gasteiger partial charge in [0.15, 0.2) is 11.5 Å². The lowest BCUT2D eigenvalue weighted by Gasteiger charge is -2.11. The molecule has 0 radical (unpaired) electrons. The topological polar surface area (TPSA) is 56.8 Å². The molecule has 0 spiro atoms. The van der Waals surface area contributed by atoms with Crippen molar-refractivity contribution in [3.63, 3.8) is 0 Å². The molecule has 0 saturated carbocycles. The van der Waals surface area contributed by atoms with Crippen LogP contribution >= 0.6 is 0 Å². The summed E-state index contributed by atoms with van der Waals surface area (Å²) < 4.78 is 17.0. The van der Waals surface area contributed by atoms with Crippen LogP contribution in [-0.4, -0.2) is 32.8 Å². The summed E-state index contributed by atoms with van der Waals surface area (Å²) in [5.41, 5.74) is 2.06. The van der Waals surface area contributed by atoms with Crippen molar-refractivity contribution in [2.24, 2.45) is 0 Å². The molecular formula is C28H39NO4. The number of nitrogens with one attached hydrogen (secondary N) is 1. The Morgan fingerprint density at radius 1 is 0.879 bits per heavy atom. The van der Waals surface area contributed by atoms with Crippen LogP contribution in [0.3, 0.4) is 0 Å². The first-order chi connectivity index (χ1) is 16.2. The van der Waals surface area contributed by atoms with Crippen LogP contribution in [0.1, 0.15) is 63.5 Å². The second-order valence-electron chi connectivity index (χ2n) is 8.04. The Hall–Kier alpha value is -2.95. The van der Waals surface area contributed by atoms with Crippen molar-refractivity contribution < 1.29 is 19.0 Å². The van der Waals surface area contributed by atoms with Crippen molar-refractivity contribution in [2.75, 3.05) is 26.9 Å². The van der Waals surface area contributed by atoms with E-state index >= 15 is 0 Å². The fraction of sp³-hybridized carbons (Fsp3) is 0.464. The van der Waals surface area contributed by atoms with E-state index in [1.807, 2.05) is 30.3 Å². The molecule has 0 unspecified atom stereocenters. The van der Waals surface area contributed by atoms with Crippen LogP contribution in [-0.2, 0) is 11.2 Å². The molecule has 1 amide bonds. The standard InChI is InChI=1S/C28H39NO4/c1-4-6-8-20-32-25-14-10-23(11-15-25)18-19-29-28(30)17-13-24-12-16-26(31-3)27(22-24)33-21-9-7-5-2/h10-17,22H,4-9,18-21H2,1-3H3,(H,29,30)/b17-13+. The summed E-state index contributed by atoms with van der Waals surface area (Å²) in [7, 11) is 1.63. The summed E-state index contributed by atoms with van der Waals surface area (Å²) in [6.45, 7) is 6.34. The number of carbonyl (C=O) groups excluding carboxylic acids is 1. The van der Waals surface area contributed by atoms with Gasteiger partial charge < -0.3 is 19.5 Å². The lowest BCUT2D eigenvalue weighted by molar-refractivity contribution is -0.116. The molecule has 5 heteroatoms. The average Bonchev–Trinajstić information content (AvgIpc) is 2.84. The molecule has 2 aromatic carbocycles. The molecule has 0 aromatic heterocycles. The molecule has 0 aliphatic heterocycles. The predicted molar refractivity (Wildman–Crippen MR) is 135 cm³/mol. The quantitative estimate of drug-likeness (QED) is 0.243. The van der Waals surface area contributed by atoms with E-state index in [0.29, 0.717) is 24.7 Å². The number of carbonyl (C=O) groups is 1. The highest BCUT2D eigenvalue weighted by Crippen LogP contribution is 2.28. The van der Waals surface area contributed by atoms with E-state index in [0.717, 1.165) is 50.0 Å². The Balaban J connectivity index is 1.76. The Kier molecular flexibility index (Phi) is 12.6. The van der Waals surface area contributed by atoms with Crippen LogP contribution in [0.2, 0.25) is 0 Å². The van der Waals surface area contributed by atoms with E-state index in [9.17, 15) is 4.79 Å². The Morgan fingerprint density at radius 2 is 1.58 bits per heavy atom. The number of methoxy groups -OCH3 is 1. The van der Waals surface area contributed by atoms with Crippen LogP contribution in [0.5, 0.6) is 17.2 Å². The summed E-state index contributed by atoms with van der Waals surface area (Å²) in [4.78, 5) is 12.2. The van der Waals surface area contributed by atoms with Gasteiger partial charge >= 0.3 is 0 Å². The number of ether oxygens (including phenoxy) is 3. The molecule has 2 aromatic rings. The molecular weight excluding hydrogens is 414 g/mol. The van der Waals surface area contributed by atoms with Crippen molar-refractivity contribution in [1.29, 1.82) is 0 Å².